The first kappa shape index (κ1) is 17.1. The number of methoxy groups -OCH3 is 2. The summed E-state index contributed by atoms with van der Waals surface area (Å²) in [7, 11) is 3.18. The van der Waals surface area contributed by atoms with Crippen molar-refractivity contribution in [2.24, 2.45) is 11.7 Å². The highest BCUT2D eigenvalue weighted by molar-refractivity contribution is 5.80. The van der Waals surface area contributed by atoms with Gasteiger partial charge in [0.2, 0.25) is 11.8 Å². The number of benzene rings is 1. The number of likely N-dealkylation sites (tertiary alicyclic amines) is 1. The van der Waals surface area contributed by atoms with E-state index in [4.69, 9.17) is 15.2 Å². The van der Waals surface area contributed by atoms with Gasteiger partial charge < -0.3 is 20.1 Å². The van der Waals surface area contributed by atoms with Crippen LogP contribution in [0, 0.1) is 5.92 Å². The van der Waals surface area contributed by atoms with E-state index in [-0.39, 0.29) is 17.7 Å². The van der Waals surface area contributed by atoms with Crippen LogP contribution >= 0.6 is 0 Å². The van der Waals surface area contributed by atoms with Gasteiger partial charge in [-0.1, -0.05) is 6.07 Å². The number of nitrogens with zero attached hydrogens (tertiary/aromatic N) is 1. The Hall–Kier alpha value is -2.24. The Morgan fingerprint density at radius 2 is 2.00 bits per heavy atom. The van der Waals surface area contributed by atoms with Gasteiger partial charge in [-0.05, 0) is 37.0 Å². The molecule has 1 aliphatic heterocycles. The molecule has 1 atom stereocenters. The van der Waals surface area contributed by atoms with Gasteiger partial charge in [0.15, 0.2) is 11.5 Å². The normalized spacial score (nSPS) is 17.7. The lowest BCUT2D eigenvalue weighted by Gasteiger charge is -2.31. The summed E-state index contributed by atoms with van der Waals surface area (Å²) in [5, 5.41) is 0. The van der Waals surface area contributed by atoms with E-state index in [1.165, 1.54) is 0 Å². The molecule has 1 fully saturated rings. The molecule has 23 heavy (non-hydrogen) atoms. The number of primary amides is 1. The minimum atomic E-state index is -0.317. The zero-order valence-corrected chi connectivity index (χ0v) is 13.7. The Kier molecular flexibility index (Phi) is 5.84. The van der Waals surface area contributed by atoms with Gasteiger partial charge in [0, 0.05) is 19.5 Å². The molecule has 2 amide bonds. The van der Waals surface area contributed by atoms with E-state index in [0.717, 1.165) is 18.4 Å². The van der Waals surface area contributed by atoms with Gasteiger partial charge in [-0.3, -0.25) is 9.59 Å². The van der Waals surface area contributed by atoms with Crippen LogP contribution in [0.1, 0.15) is 24.8 Å². The third kappa shape index (κ3) is 4.37. The van der Waals surface area contributed by atoms with Crippen LogP contribution in [0.2, 0.25) is 0 Å². The molecule has 1 aromatic rings. The van der Waals surface area contributed by atoms with Gasteiger partial charge in [0.05, 0.1) is 20.1 Å². The Morgan fingerprint density at radius 1 is 1.26 bits per heavy atom. The summed E-state index contributed by atoms with van der Waals surface area (Å²) in [5.74, 6) is 0.856. The highest BCUT2D eigenvalue weighted by atomic mass is 16.5. The molecule has 126 valence electrons. The van der Waals surface area contributed by atoms with Crippen molar-refractivity contribution >= 4 is 11.8 Å². The number of nitrogens with two attached hydrogens (primary N) is 1. The number of aryl methyl sites for hydroxylation is 1. The zero-order valence-electron chi connectivity index (χ0n) is 13.7. The van der Waals surface area contributed by atoms with Crippen molar-refractivity contribution < 1.29 is 19.1 Å². The molecule has 0 radical (unpaired) electrons. The summed E-state index contributed by atoms with van der Waals surface area (Å²) < 4.78 is 10.5. The lowest BCUT2D eigenvalue weighted by molar-refractivity contribution is -0.134. The second kappa shape index (κ2) is 7.85. The summed E-state index contributed by atoms with van der Waals surface area (Å²) >= 11 is 0. The molecule has 0 spiro atoms. The average molecular weight is 320 g/mol. The molecule has 1 heterocycles. The predicted octanol–water partition coefficient (Wildman–Crippen LogP) is 1.36. The van der Waals surface area contributed by atoms with Gasteiger partial charge in [0.25, 0.3) is 0 Å². The summed E-state index contributed by atoms with van der Waals surface area (Å²) in [6.45, 7) is 1.15. The minimum absolute atomic E-state index is 0.0609. The van der Waals surface area contributed by atoms with Gasteiger partial charge in [-0.25, -0.2) is 0 Å². The van der Waals surface area contributed by atoms with Gasteiger partial charge in [-0.2, -0.15) is 0 Å². The van der Waals surface area contributed by atoms with Crippen LogP contribution in [0.5, 0.6) is 11.5 Å². The molecule has 1 aliphatic rings. The highest BCUT2D eigenvalue weighted by Gasteiger charge is 2.26. The molecule has 0 aliphatic carbocycles. The van der Waals surface area contributed by atoms with E-state index >= 15 is 0 Å². The van der Waals surface area contributed by atoms with Crippen LogP contribution in [0.3, 0.4) is 0 Å². The van der Waals surface area contributed by atoms with Crippen molar-refractivity contribution in [1.29, 1.82) is 0 Å². The van der Waals surface area contributed by atoms with Crippen molar-refractivity contribution in [3.63, 3.8) is 0 Å². The van der Waals surface area contributed by atoms with Gasteiger partial charge >= 0.3 is 0 Å². The molecule has 0 bridgehead atoms. The number of rotatable bonds is 6. The van der Waals surface area contributed by atoms with Crippen LogP contribution < -0.4 is 15.2 Å². The fourth-order valence-corrected chi connectivity index (χ4v) is 2.88. The van der Waals surface area contributed by atoms with Crippen LogP contribution in [-0.4, -0.2) is 44.0 Å². The SMILES string of the molecule is COc1ccc(CCC(=O)N2CCCC(C(N)=O)C2)cc1OC. The van der Waals surface area contributed by atoms with E-state index < -0.39 is 0 Å². The first-order valence-electron chi connectivity index (χ1n) is 7.83. The monoisotopic (exact) mass is 320 g/mol. The summed E-state index contributed by atoms with van der Waals surface area (Å²) in [6, 6.07) is 5.65. The largest absolute Gasteiger partial charge is 0.493 e. The molecule has 6 heteroatoms. The van der Waals surface area contributed by atoms with Crippen LogP contribution in [0.25, 0.3) is 0 Å². The number of carbonyl (C=O) groups is 2. The number of hydrogen-bond donors (Lipinski definition) is 1. The number of piperidine rings is 1. The summed E-state index contributed by atoms with van der Waals surface area (Å²) in [6.07, 6.45) is 2.63. The lowest BCUT2D eigenvalue weighted by Crippen LogP contribution is -2.44. The predicted molar refractivity (Wildman–Crippen MR) is 86.4 cm³/mol. The van der Waals surface area contributed by atoms with E-state index in [1.54, 1.807) is 19.1 Å². The smallest absolute Gasteiger partial charge is 0.222 e. The van der Waals surface area contributed by atoms with Gasteiger partial charge in [0.1, 0.15) is 0 Å². The van der Waals surface area contributed by atoms with Crippen molar-refractivity contribution in [3.8, 4) is 11.5 Å². The Labute approximate surface area is 136 Å². The maximum Gasteiger partial charge on any atom is 0.222 e. The van der Waals surface area contributed by atoms with Crippen molar-refractivity contribution in [3.05, 3.63) is 23.8 Å². The van der Waals surface area contributed by atoms with Crippen molar-refractivity contribution in [1.82, 2.24) is 4.90 Å². The molecule has 1 unspecified atom stereocenters. The standard InChI is InChI=1S/C17H24N2O4/c1-22-14-7-5-12(10-15(14)23-2)6-8-16(20)19-9-3-4-13(11-19)17(18)21/h5,7,10,13H,3-4,6,8-9,11H2,1-2H3,(H2,18,21). The second-order valence-electron chi connectivity index (χ2n) is 5.77. The van der Waals surface area contributed by atoms with E-state index in [1.807, 2.05) is 18.2 Å². The number of carbonyl (C=O) groups excluding carboxylic acids is 2. The quantitative estimate of drug-likeness (QED) is 0.858. The Balaban J connectivity index is 1.92. The molecule has 2 rings (SSSR count). The molecule has 6 nitrogen and oxygen atoms in total. The topological polar surface area (TPSA) is 81.9 Å². The van der Waals surface area contributed by atoms with E-state index in [0.29, 0.717) is 37.4 Å². The first-order chi connectivity index (χ1) is 11.0. The highest BCUT2D eigenvalue weighted by Crippen LogP contribution is 2.28. The first-order valence-corrected chi connectivity index (χ1v) is 7.83. The average Bonchev–Trinajstić information content (AvgIpc) is 2.59. The Morgan fingerprint density at radius 3 is 2.65 bits per heavy atom. The molecular formula is C17H24N2O4. The third-order valence-electron chi connectivity index (χ3n) is 4.25. The van der Waals surface area contributed by atoms with Crippen LogP contribution in [0.4, 0.5) is 0 Å². The van der Waals surface area contributed by atoms with Crippen LogP contribution in [-0.2, 0) is 16.0 Å². The minimum Gasteiger partial charge on any atom is -0.493 e. The lowest BCUT2D eigenvalue weighted by atomic mass is 9.97. The maximum atomic E-state index is 12.3. The second-order valence-corrected chi connectivity index (χ2v) is 5.77. The van der Waals surface area contributed by atoms with Gasteiger partial charge in [-0.15, -0.1) is 0 Å². The molecule has 1 aromatic carbocycles. The zero-order chi connectivity index (χ0) is 16.8. The van der Waals surface area contributed by atoms with E-state index in [2.05, 4.69) is 0 Å². The molecule has 1 saturated heterocycles. The fraction of sp³-hybridized carbons (Fsp3) is 0.529. The maximum absolute atomic E-state index is 12.3. The fourth-order valence-electron chi connectivity index (χ4n) is 2.88. The summed E-state index contributed by atoms with van der Waals surface area (Å²) in [5.41, 5.74) is 6.36. The van der Waals surface area contributed by atoms with Crippen LogP contribution in [0.15, 0.2) is 18.2 Å². The number of hydrogen-bond acceptors (Lipinski definition) is 4. The number of amides is 2. The molecular weight excluding hydrogens is 296 g/mol. The van der Waals surface area contributed by atoms with Crippen molar-refractivity contribution in [2.45, 2.75) is 25.7 Å². The van der Waals surface area contributed by atoms with Crippen molar-refractivity contribution in [2.75, 3.05) is 27.3 Å². The van der Waals surface area contributed by atoms with E-state index in [9.17, 15) is 9.59 Å². The summed E-state index contributed by atoms with van der Waals surface area (Å²) in [4.78, 5) is 25.4. The Bertz CT molecular complexity index is 574. The molecule has 0 saturated carbocycles. The third-order valence-corrected chi connectivity index (χ3v) is 4.25. The number of ether oxygens (including phenoxy) is 2. The molecule has 0 aromatic heterocycles. The molecule has 2 N–H and O–H groups in total.